The largest absolute Gasteiger partial charge is 0.355 e. The number of hydrogen-bond acceptors (Lipinski definition) is 3. The summed E-state index contributed by atoms with van der Waals surface area (Å²) in [5, 5.41) is 5.76. The summed E-state index contributed by atoms with van der Waals surface area (Å²) < 4.78 is 0. The Kier molecular flexibility index (Phi) is 7.60. The average molecular weight is 305 g/mol. The van der Waals surface area contributed by atoms with Gasteiger partial charge in [-0.15, -0.1) is 0 Å². The number of amides is 2. The van der Waals surface area contributed by atoms with E-state index in [2.05, 4.69) is 10.6 Å². The van der Waals surface area contributed by atoms with Gasteiger partial charge in [0.2, 0.25) is 11.8 Å². The van der Waals surface area contributed by atoms with Crippen LogP contribution in [0.4, 0.5) is 0 Å². The molecule has 0 aliphatic rings. The van der Waals surface area contributed by atoms with Crippen LogP contribution in [0.3, 0.4) is 0 Å². The first kappa shape index (κ1) is 18.2. The van der Waals surface area contributed by atoms with Crippen molar-refractivity contribution < 1.29 is 9.59 Å². The van der Waals surface area contributed by atoms with Crippen molar-refractivity contribution in [2.75, 3.05) is 13.1 Å². The minimum absolute atomic E-state index is 0.0740. The molecule has 2 amide bonds. The molecule has 1 rings (SSSR count). The summed E-state index contributed by atoms with van der Waals surface area (Å²) in [5.41, 5.74) is 6.39. The van der Waals surface area contributed by atoms with E-state index in [0.717, 1.165) is 18.4 Å². The Morgan fingerprint density at radius 3 is 2.27 bits per heavy atom. The van der Waals surface area contributed by atoms with Crippen molar-refractivity contribution in [3.05, 3.63) is 35.9 Å². The predicted molar refractivity (Wildman–Crippen MR) is 88.3 cm³/mol. The quantitative estimate of drug-likeness (QED) is 0.644. The van der Waals surface area contributed by atoms with Gasteiger partial charge in [-0.3, -0.25) is 9.59 Å². The van der Waals surface area contributed by atoms with Crippen molar-refractivity contribution in [2.45, 2.75) is 45.1 Å². The van der Waals surface area contributed by atoms with E-state index in [-0.39, 0.29) is 23.8 Å². The summed E-state index contributed by atoms with van der Waals surface area (Å²) in [6, 6.07) is 9.53. The Morgan fingerprint density at radius 2 is 1.73 bits per heavy atom. The molecule has 0 saturated heterocycles. The highest BCUT2D eigenvalue weighted by molar-refractivity contribution is 5.80. The summed E-state index contributed by atoms with van der Waals surface area (Å²) in [5.74, 6) is -0.149. The summed E-state index contributed by atoms with van der Waals surface area (Å²) in [6.07, 6.45) is 2.19. The van der Waals surface area contributed by atoms with Crippen molar-refractivity contribution in [2.24, 2.45) is 5.73 Å². The molecule has 0 atom stereocenters. The molecule has 0 aliphatic heterocycles. The molecule has 0 saturated carbocycles. The molecule has 0 unspecified atom stereocenters. The van der Waals surface area contributed by atoms with Crippen LogP contribution in [0, 0.1) is 0 Å². The van der Waals surface area contributed by atoms with Crippen molar-refractivity contribution >= 4 is 11.8 Å². The van der Waals surface area contributed by atoms with Crippen LogP contribution in [0.2, 0.25) is 0 Å². The summed E-state index contributed by atoms with van der Waals surface area (Å²) >= 11 is 0. The third-order valence-electron chi connectivity index (χ3n) is 4.03. The number of benzene rings is 1. The minimum atomic E-state index is -0.328. The van der Waals surface area contributed by atoms with Crippen molar-refractivity contribution in [1.82, 2.24) is 10.6 Å². The second kappa shape index (κ2) is 9.20. The second-order valence-electron chi connectivity index (χ2n) is 5.50. The average Bonchev–Trinajstić information content (AvgIpc) is 2.53. The molecule has 5 heteroatoms. The third-order valence-corrected chi connectivity index (χ3v) is 4.03. The van der Waals surface area contributed by atoms with Crippen LogP contribution >= 0.6 is 0 Å². The Morgan fingerprint density at radius 1 is 1.09 bits per heavy atom. The van der Waals surface area contributed by atoms with Gasteiger partial charge in [0.05, 0.1) is 12.0 Å². The number of nitrogens with two attached hydrogens (primary N) is 1. The van der Waals surface area contributed by atoms with E-state index in [1.807, 2.05) is 44.2 Å². The second-order valence-corrected chi connectivity index (χ2v) is 5.50. The van der Waals surface area contributed by atoms with Gasteiger partial charge >= 0.3 is 0 Å². The van der Waals surface area contributed by atoms with Gasteiger partial charge in [-0.1, -0.05) is 44.2 Å². The Labute approximate surface area is 132 Å². The van der Waals surface area contributed by atoms with Gasteiger partial charge in [0.15, 0.2) is 0 Å². The van der Waals surface area contributed by atoms with Crippen LogP contribution < -0.4 is 16.4 Å². The van der Waals surface area contributed by atoms with E-state index in [4.69, 9.17) is 5.73 Å². The maximum atomic E-state index is 12.0. The van der Waals surface area contributed by atoms with E-state index in [1.54, 1.807) is 0 Å². The molecule has 4 N–H and O–H groups in total. The van der Waals surface area contributed by atoms with Crippen LogP contribution in [0.5, 0.6) is 0 Å². The molecule has 0 aliphatic carbocycles. The Hall–Kier alpha value is -1.88. The first-order valence-electron chi connectivity index (χ1n) is 7.87. The normalized spacial score (nSPS) is 11.0. The van der Waals surface area contributed by atoms with E-state index in [9.17, 15) is 9.59 Å². The summed E-state index contributed by atoms with van der Waals surface area (Å²) in [4.78, 5) is 23.7. The van der Waals surface area contributed by atoms with E-state index in [1.165, 1.54) is 0 Å². The van der Waals surface area contributed by atoms with Crippen molar-refractivity contribution in [3.63, 3.8) is 0 Å². The van der Waals surface area contributed by atoms with E-state index >= 15 is 0 Å². The van der Waals surface area contributed by atoms with Crippen molar-refractivity contribution in [3.8, 4) is 0 Å². The standard InChI is InChI=1S/C17H27N3O2/c1-3-17(4-2,13-18)20-15(21)10-11-19-16(22)12-14-8-6-5-7-9-14/h5-9H,3-4,10-13,18H2,1-2H3,(H,19,22)(H,20,21). The molecule has 0 radical (unpaired) electrons. The molecule has 5 nitrogen and oxygen atoms in total. The fraction of sp³-hybridized carbons (Fsp3) is 0.529. The Balaban J connectivity index is 2.31. The van der Waals surface area contributed by atoms with Crippen LogP contribution in [0.15, 0.2) is 30.3 Å². The summed E-state index contributed by atoms with van der Waals surface area (Å²) in [7, 11) is 0. The molecule has 0 bridgehead atoms. The molecular weight excluding hydrogens is 278 g/mol. The highest BCUT2D eigenvalue weighted by atomic mass is 16.2. The number of rotatable bonds is 9. The van der Waals surface area contributed by atoms with Crippen LogP contribution in [-0.2, 0) is 16.0 Å². The lowest BCUT2D eigenvalue weighted by Crippen LogP contribution is -2.53. The summed E-state index contributed by atoms with van der Waals surface area (Å²) in [6.45, 7) is 4.79. The molecule has 122 valence electrons. The van der Waals surface area contributed by atoms with Gasteiger partial charge in [0, 0.05) is 19.5 Å². The van der Waals surface area contributed by atoms with Crippen LogP contribution in [0.1, 0.15) is 38.7 Å². The molecular formula is C17H27N3O2. The van der Waals surface area contributed by atoms with Crippen LogP contribution in [-0.4, -0.2) is 30.4 Å². The van der Waals surface area contributed by atoms with E-state index < -0.39 is 0 Å². The zero-order valence-corrected chi connectivity index (χ0v) is 13.5. The highest BCUT2D eigenvalue weighted by Gasteiger charge is 2.25. The van der Waals surface area contributed by atoms with Gasteiger partial charge in [-0.2, -0.15) is 0 Å². The number of carbonyl (C=O) groups is 2. The first-order chi connectivity index (χ1) is 10.5. The minimum Gasteiger partial charge on any atom is -0.355 e. The fourth-order valence-electron chi connectivity index (χ4n) is 2.28. The SMILES string of the molecule is CCC(CC)(CN)NC(=O)CCNC(=O)Cc1ccccc1. The van der Waals surface area contributed by atoms with Gasteiger partial charge in [0.25, 0.3) is 0 Å². The zero-order valence-electron chi connectivity index (χ0n) is 13.5. The zero-order chi connectivity index (χ0) is 16.4. The predicted octanol–water partition coefficient (Wildman–Crippen LogP) is 1.37. The molecule has 0 spiro atoms. The lowest BCUT2D eigenvalue weighted by Gasteiger charge is -2.31. The number of nitrogens with one attached hydrogen (secondary N) is 2. The first-order valence-corrected chi connectivity index (χ1v) is 7.87. The monoisotopic (exact) mass is 305 g/mol. The third kappa shape index (κ3) is 5.85. The smallest absolute Gasteiger partial charge is 0.224 e. The maximum absolute atomic E-state index is 12.0. The number of hydrogen-bond donors (Lipinski definition) is 3. The molecule has 1 aromatic rings. The molecule has 0 aromatic heterocycles. The van der Waals surface area contributed by atoms with Crippen molar-refractivity contribution in [1.29, 1.82) is 0 Å². The highest BCUT2D eigenvalue weighted by Crippen LogP contribution is 2.13. The van der Waals surface area contributed by atoms with Gasteiger partial charge < -0.3 is 16.4 Å². The topological polar surface area (TPSA) is 84.2 Å². The number of carbonyl (C=O) groups excluding carboxylic acids is 2. The van der Waals surface area contributed by atoms with E-state index in [0.29, 0.717) is 19.5 Å². The Bertz CT molecular complexity index is 462. The molecule has 1 aromatic carbocycles. The molecule has 0 fully saturated rings. The van der Waals surface area contributed by atoms with Gasteiger partial charge in [-0.05, 0) is 18.4 Å². The lowest BCUT2D eigenvalue weighted by molar-refractivity contribution is -0.123. The lowest BCUT2D eigenvalue weighted by atomic mass is 9.93. The fourth-order valence-corrected chi connectivity index (χ4v) is 2.28. The van der Waals surface area contributed by atoms with Gasteiger partial charge in [0.1, 0.15) is 0 Å². The maximum Gasteiger partial charge on any atom is 0.224 e. The van der Waals surface area contributed by atoms with Crippen LogP contribution in [0.25, 0.3) is 0 Å². The molecule has 0 heterocycles. The van der Waals surface area contributed by atoms with Gasteiger partial charge in [-0.25, -0.2) is 0 Å². The molecule has 22 heavy (non-hydrogen) atoms.